The maximum absolute atomic E-state index is 12.3. The van der Waals surface area contributed by atoms with Crippen molar-refractivity contribution in [3.8, 4) is 17.6 Å². The number of methoxy groups -OCH3 is 2. The van der Waals surface area contributed by atoms with Crippen LogP contribution in [0.1, 0.15) is 30.9 Å². The minimum absolute atomic E-state index is 0.305. The van der Waals surface area contributed by atoms with Crippen molar-refractivity contribution in [1.82, 2.24) is 0 Å². The highest BCUT2D eigenvalue weighted by atomic mass is 16.5. The van der Waals surface area contributed by atoms with Gasteiger partial charge in [-0.25, -0.2) is 0 Å². The second kappa shape index (κ2) is 7.70. The molecule has 0 unspecified atom stereocenters. The van der Waals surface area contributed by atoms with Crippen LogP contribution in [0, 0.1) is 17.3 Å². The molecule has 0 saturated heterocycles. The van der Waals surface area contributed by atoms with E-state index in [-0.39, 0.29) is 11.9 Å². The summed E-state index contributed by atoms with van der Waals surface area (Å²) in [4.78, 5) is 12.3. The Morgan fingerprint density at radius 3 is 2.25 bits per heavy atom. The third-order valence-corrected chi connectivity index (χ3v) is 4.02. The first-order valence-corrected chi connectivity index (χ1v) is 7.78. The van der Waals surface area contributed by atoms with Crippen molar-refractivity contribution in [2.45, 2.75) is 19.8 Å². The Morgan fingerprint density at radius 2 is 1.62 bits per heavy atom. The Balaban J connectivity index is 2.54. The van der Waals surface area contributed by atoms with Crippen LogP contribution in [-0.4, -0.2) is 20.2 Å². The van der Waals surface area contributed by atoms with E-state index in [2.05, 4.69) is 11.8 Å². The summed E-state index contributed by atoms with van der Waals surface area (Å²) in [6.45, 7) is 3.69. The van der Waals surface area contributed by atoms with E-state index in [0.717, 1.165) is 11.1 Å². The summed E-state index contributed by atoms with van der Waals surface area (Å²) in [7, 11) is 3.01. The monoisotopic (exact) mass is 322 g/mol. The summed E-state index contributed by atoms with van der Waals surface area (Å²) in [6, 6.07) is 17.3. The number of hydrogen-bond acceptors (Lipinski definition) is 3. The maximum atomic E-state index is 12.3. The predicted molar refractivity (Wildman–Crippen MR) is 94.9 cm³/mol. The van der Waals surface area contributed by atoms with Crippen LogP contribution >= 0.6 is 0 Å². The molecule has 124 valence electrons. The average molecular weight is 322 g/mol. The van der Waals surface area contributed by atoms with Gasteiger partial charge < -0.3 is 9.47 Å². The summed E-state index contributed by atoms with van der Waals surface area (Å²) in [5.74, 6) is 6.46. The van der Waals surface area contributed by atoms with Crippen molar-refractivity contribution in [2.75, 3.05) is 14.2 Å². The zero-order valence-electron chi connectivity index (χ0n) is 14.5. The molecule has 24 heavy (non-hydrogen) atoms. The lowest BCUT2D eigenvalue weighted by Crippen LogP contribution is -2.32. The SMILES string of the molecule is COC(=O)C(C)(C)[C@@H](C#Cc1ccccc1)c1ccccc1OC. The van der Waals surface area contributed by atoms with Crippen molar-refractivity contribution in [2.24, 2.45) is 5.41 Å². The Kier molecular flexibility index (Phi) is 5.65. The molecule has 0 amide bonds. The lowest BCUT2D eigenvalue weighted by molar-refractivity contribution is -0.151. The molecule has 2 aromatic carbocycles. The molecule has 0 radical (unpaired) electrons. The van der Waals surface area contributed by atoms with Crippen LogP contribution in [-0.2, 0) is 9.53 Å². The van der Waals surface area contributed by atoms with Gasteiger partial charge in [-0.2, -0.15) is 0 Å². The predicted octanol–water partition coefficient (Wildman–Crippen LogP) is 4.03. The van der Waals surface area contributed by atoms with Crippen LogP contribution in [0.25, 0.3) is 0 Å². The molecule has 0 bridgehead atoms. The number of hydrogen-bond donors (Lipinski definition) is 0. The van der Waals surface area contributed by atoms with E-state index < -0.39 is 5.41 Å². The van der Waals surface area contributed by atoms with Crippen LogP contribution in [0.15, 0.2) is 54.6 Å². The molecule has 1 atom stereocenters. The number of benzene rings is 2. The number of esters is 1. The zero-order chi connectivity index (χ0) is 17.6. The van der Waals surface area contributed by atoms with Gasteiger partial charge in [0.05, 0.1) is 25.6 Å². The van der Waals surface area contributed by atoms with Crippen LogP contribution in [0.2, 0.25) is 0 Å². The van der Waals surface area contributed by atoms with E-state index in [1.165, 1.54) is 7.11 Å². The summed E-state index contributed by atoms with van der Waals surface area (Å²) in [6.07, 6.45) is 0. The van der Waals surface area contributed by atoms with Crippen molar-refractivity contribution >= 4 is 5.97 Å². The Bertz CT molecular complexity index is 751. The molecule has 0 saturated carbocycles. The first kappa shape index (κ1) is 17.6. The van der Waals surface area contributed by atoms with E-state index in [0.29, 0.717) is 5.75 Å². The first-order chi connectivity index (χ1) is 11.5. The molecule has 0 spiro atoms. The molecule has 2 rings (SSSR count). The van der Waals surface area contributed by atoms with Crippen molar-refractivity contribution in [1.29, 1.82) is 0 Å². The van der Waals surface area contributed by atoms with Gasteiger partial charge >= 0.3 is 5.97 Å². The smallest absolute Gasteiger partial charge is 0.312 e. The van der Waals surface area contributed by atoms with Gasteiger partial charge in [0.2, 0.25) is 0 Å². The minimum atomic E-state index is -0.814. The van der Waals surface area contributed by atoms with Crippen molar-refractivity contribution in [3.05, 3.63) is 65.7 Å². The second-order valence-electron chi connectivity index (χ2n) is 6.02. The number of para-hydroxylation sites is 1. The number of rotatable bonds is 4. The molecule has 3 nitrogen and oxygen atoms in total. The van der Waals surface area contributed by atoms with E-state index in [9.17, 15) is 4.79 Å². The number of carbonyl (C=O) groups is 1. The topological polar surface area (TPSA) is 35.5 Å². The molecule has 0 aliphatic carbocycles. The van der Waals surface area contributed by atoms with Crippen LogP contribution < -0.4 is 4.74 Å². The van der Waals surface area contributed by atoms with Crippen LogP contribution in [0.3, 0.4) is 0 Å². The fourth-order valence-electron chi connectivity index (χ4n) is 2.61. The maximum Gasteiger partial charge on any atom is 0.312 e. The molecule has 3 heteroatoms. The Morgan fingerprint density at radius 1 is 1.00 bits per heavy atom. The molecule has 0 fully saturated rings. The van der Waals surface area contributed by atoms with Gasteiger partial charge in [0.25, 0.3) is 0 Å². The van der Waals surface area contributed by atoms with Gasteiger partial charge in [-0.3, -0.25) is 4.79 Å². The zero-order valence-corrected chi connectivity index (χ0v) is 14.5. The van der Waals surface area contributed by atoms with Gasteiger partial charge in [-0.1, -0.05) is 48.2 Å². The molecule has 0 N–H and O–H groups in total. The number of ether oxygens (including phenoxy) is 2. The standard InChI is InChI=1S/C21H22O3/c1-21(2,20(22)24-4)18(15-14-16-10-6-5-7-11-16)17-12-8-9-13-19(17)23-3/h5-13,18H,1-4H3/t18-/m0/s1. The largest absolute Gasteiger partial charge is 0.496 e. The summed E-state index contributed by atoms with van der Waals surface area (Å²) >= 11 is 0. The fourth-order valence-corrected chi connectivity index (χ4v) is 2.61. The molecule has 0 aromatic heterocycles. The molecule has 0 aliphatic rings. The Labute approximate surface area is 143 Å². The fraction of sp³-hybridized carbons (Fsp3) is 0.286. The molecule has 0 heterocycles. The normalized spacial score (nSPS) is 11.8. The van der Waals surface area contributed by atoms with Gasteiger partial charge in [-0.15, -0.1) is 0 Å². The molecular formula is C21H22O3. The second-order valence-corrected chi connectivity index (χ2v) is 6.02. The molecule has 0 aliphatic heterocycles. The van der Waals surface area contributed by atoms with Gasteiger partial charge in [-0.05, 0) is 32.0 Å². The van der Waals surface area contributed by atoms with Crippen LogP contribution in [0.4, 0.5) is 0 Å². The van der Waals surface area contributed by atoms with E-state index >= 15 is 0 Å². The quantitative estimate of drug-likeness (QED) is 0.630. The van der Waals surface area contributed by atoms with E-state index in [1.54, 1.807) is 7.11 Å². The highest BCUT2D eigenvalue weighted by molar-refractivity contribution is 5.78. The van der Waals surface area contributed by atoms with Gasteiger partial charge in [0.15, 0.2) is 0 Å². The highest BCUT2D eigenvalue weighted by Gasteiger charge is 2.39. The average Bonchev–Trinajstić information content (AvgIpc) is 2.62. The Hall–Kier alpha value is -2.73. The molecule has 2 aromatic rings. The van der Waals surface area contributed by atoms with Crippen molar-refractivity contribution < 1.29 is 14.3 Å². The lowest BCUT2D eigenvalue weighted by Gasteiger charge is -2.29. The minimum Gasteiger partial charge on any atom is -0.496 e. The third-order valence-electron chi connectivity index (χ3n) is 4.02. The van der Waals surface area contributed by atoms with Gasteiger partial charge in [0, 0.05) is 11.1 Å². The summed E-state index contributed by atoms with van der Waals surface area (Å²) < 4.78 is 10.5. The third kappa shape index (κ3) is 3.78. The highest BCUT2D eigenvalue weighted by Crippen LogP contribution is 2.40. The lowest BCUT2D eigenvalue weighted by atomic mass is 9.74. The number of carbonyl (C=O) groups excluding carboxylic acids is 1. The summed E-state index contributed by atoms with van der Waals surface area (Å²) in [5.41, 5.74) is 0.961. The van der Waals surface area contributed by atoms with E-state index in [4.69, 9.17) is 9.47 Å². The van der Waals surface area contributed by atoms with E-state index in [1.807, 2.05) is 68.4 Å². The first-order valence-electron chi connectivity index (χ1n) is 7.78. The molecular weight excluding hydrogens is 300 g/mol. The summed E-state index contributed by atoms with van der Waals surface area (Å²) in [5, 5.41) is 0. The van der Waals surface area contributed by atoms with Crippen LogP contribution in [0.5, 0.6) is 5.75 Å². The van der Waals surface area contributed by atoms with Gasteiger partial charge in [0.1, 0.15) is 5.75 Å². The van der Waals surface area contributed by atoms with Crippen molar-refractivity contribution in [3.63, 3.8) is 0 Å².